The Kier molecular flexibility index (Phi) is 3.75. The van der Waals surface area contributed by atoms with E-state index in [1.54, 1.807) is 6.07 Å². The highest BCUT2D eigenvalue weighted by Crippen LogP contribution is 1.88. The van der Waals surface area contributed by atoms with Crippen LogP contribution in [0.5, 0.6) is 0 Å². The van der Waals surface area contributed by atoms with E-state index in [0.717, 1.165) is 0 Å². The first-order chi connectivity index (χ1) is 4.72. The number of nitrogens with one attached hydrogen (secondary N) is 1. The molecular weight excluding hydrogens is 128 g/mol. The fourth-order valence-electron chi connectivity index (χ4n) is 0.350. The molecule has 0 heterocycles. The van der Waals surface area contributed by atoms with Gasteiger partial charge >= 0.3 is 0 Å². The minimum atomic E-state index is -0.617. The summed E-state index contributed by atoms with van der Waals surface area (Å²) in [6, 6.07) is 1.79. The van der Waals surface area contributed by atoms with E-state index in [9.17, 15) is 4.79 Å². The van der Waals surface area contributed by atoms with Crippen molar-refractivity contribution < 1.29 is 4.79 Å². The van der Waals surface area contributed by atoms with E-state index in [4.69, 9.17) is 11.7 Å². The molecule has 0 aliphatic heterocycles. The molecule has 0 rings (SSSR count). The van der Waals surface area contributed by atoms with Crippen LogP contribution in [0.3, 0.4) is 0 Å². The molecule has 1 amide bonds. The smallest absolute Gasteiger partial charge is 0.237 e. The molecule has 3 nitrogen and oxygen atoms in total. The molecule has 0 aromatic rings. The number of amides is 1. The fourth-order valence-corrected chi connectivity index (χ4v) is 0.350. The van der Waals surface area contributed by atoms with E-state index in [2.05, 4.69) is 11.2 Å². The lowest BCUT2D eigenvalue weighted by Crippen LogP contribution is -2.28. The highest BCUT2D eigenvalue weighted by Gasteiger charge is 2.08. The Hall–Kier alpha value is -1.48. The van der Waals surface area contributed by atoms with Gasteiger partial charge in [-0.1, -0.05) is 5.92 Å². The van der Waals surface area contributed by atoms with Crippen LogP contribution < -0.4 is 5.32 Å². The number of carbonyl (C=O) groups is 1. The van der Waals surface area contributed by atoms with E-state index < -0.39 is 5.92 Å². The quantitative estimate of drug-likeness (QED) is 0.539. The van der Waals surface area contributed by atoms with Gasteiger partial charge in [0.15, 0.2) is 0 Å². The van der Waals surface area contributed by atoms with Gasteiger partial charge in [0, 0.05) is 0 Å². The molecule has 10 heavy (non-hydrogen) atoms. The van der Waals surface area contributed by atoms with E-state index in [0.29, 0.717) is 0 Å². The van der Waals surface area contributed by atoms with Gasteiger partial charge in [-0.05, 0) is 6.92 Å². The van der Waals surface area contributed by atoms with Crippen molar-refractivity contribution in [3.05, 3.63) is 0 Å². The molecule has 1 atom stereocenters. The lowest BCUT2D eigenvalue weighted by molar-refractivity contribution is -0.122. The molecule has 0 aromatic heterocycles. The predicted molar refractivity (Wildman–Crippen MR) is 36.6 cm³/mol. The van der Waals surface area contributed by atoms with Crippen molar-refractivity contribution in [3.8, 4) is 18.4 Å². The molecule has 0 fully saturated rings. The van der Waals surface area contributed by atoms with Crippen molar-refractivity contribution in [2.24, 2.45) is 5.92 Å². The number of terminal acetylenes is 1. The maximum absolute atomic E-state index is 10.7. The van der Waals surface area contributed by atoms with Crippen molar-refractivity contribution in [3.63, 3.8) is 0 Å². The number of nitriles is 1. The molecule has 1 unspecified atom stereocenters. The molecule has 52 valence electrons. The monoisotopic (exact) mass is 136 g/mol. The molecule has 0 saturated heterocycles. The maximum Gasteiger partial charge on any atom is 0.237 e. The highest BCUT2D eigenvalue weighted by molar-refractivity contribution is 5.80. The minimum Gasteiger partial charge on any atom is -0.344 e. The van der Waals surface area contributed by atoms with Crippen molar-refractivity contribution in [2.45, 2.75) is 6.92 Å². The van der Waals surface area contributed by atoms with Gasteiger partial charge < -0.3 is 5.32 Å². The number of carbonyl (C=O) groups excluding carboxylic acids is 1. The second-order valence-electron chi connectivity index (χ2n) is 1.77. The van der Waals surface area contributed by atoms with Crippen LogP contribution in [0.2, 0.25) is 0 Å². The van der Waals surface area contributed by atoms with Gasteiger partial charge in [0.1, 0.15) is 5.92 Å². The summed E-state index contributed by atoms with van der Waals surface area (Å²) in [6.07, 6.45) is 4.87. The summed E-state index contributed by atoms with van der Waals surface area (Å²) in [7, 11) is 0. The van der Waals surface area contributed by atoms with Crippen LogP contribution in [-0.2, 0) is 4.79 Å². The fraction of sp³-hybridized carbons (Fsp3) is 0.429. The van der Waals surface area contributed by atoms with Crippen LogP contribution in [0.15, 0.2) is 0 Å². The maximum atomic E-state index is 10.7. The lowest BCUT2D eigenvalue weighted by Gasteiger charge is -2.00. The molecular formula is C7H8N2O. The first-order valence-electron chi connectivity index (χ1n) is 2.83. The van der Waals surface area contributed by atoms with Crippen LogP contribution in [0, 0.1) is 29.6 Å². The Labute approximate surface area is 60.0 Å². The van der Waals surface area contributed by atoms with Gasteiger partial charge in [-0.3, -0.25) is 4.79 Å². The van der Waals surface area contributed by atoms with Crippen molar-refractivity contribution in [2.75, 3.05) is 6.54 Å². The van der Waals surface area contributed by atoms with Crippen LogP contribution in [-0.4, -0.2) is 12.5 Å². The zero-order valence-corrected chi connectivity index (χ0v) is 5.72. The minimum absolute atomic E-state index is 0.185. The summed E-state index contributed by atoms with van der Waals surface area (Å²) in [6.45, 7) is 1.71. The first kappa shape index (κ1) is 8.52. The van der Waals surface area contributed by atoms with E-state index in [-0.39, 0.29) is 12.5 Å². The second-order valence-corrected chi connectivity index (χ2v) is 1.77. The molecule has 0 aromatic carbocycles. The second kappa shape index (κ2) is 4.40. The van der Waals surface area contributed by atoms with E-state index in [1.165, 1.54) is 6.92 Å². The van der Waals surface area contributed by atoms with E-state index in [1.807, 2.05) is 0 Å². The largest absolute Gasteiger partial charge is 0.344 e. The van der Waals surface area contributed by atoms with Crippen LogP contribution in [0.25, 0.3) is 0 Å². The van der Waals surface area contributed by atoms with Gasteiger partial charge in [0.25, 0.3) is 0 Å². The van der Waals surface area contributed by atoms with Gasteiger partial charge in [0.05, 0.1) is 12.6 Å². The molecule has 1 N–H and O–H groups in total. The summed E-state index contributed by atoms with van der Waals surface area (Å²) in [4.78, 5) is 10.7. The number of nitrogens with zero attached hydrogens (tertiary/aromatic N) is 1. The third-order valence-electron chi connectivity index (χ3n) is 0.952. The van der Waals surface area contributed by atoms with Gasteiger partial charge in [-0.15, -0.1) is 6.42 Å². The van der Waals surface area contributed by atoms with Crippen LogP contribution >= 0.6 is 0 Å². The SMILES string of the molecule is C#CCNC(=O)C(C)C#N. The summed E-state index contributed by atoms with van der Waals surface area (Å²) in [5.41, 5.74) is 0. The van der Waals surface area contributed by atoms with E-state index >= 15 is 0 Å². The summed E-state index contributed by atoms with van der Waals surface area (Å²) < 4.78 is 0. The predicted octanol–water partition coefficient (Wildman–Crippen LogP) is -0.105. The normalized spacial score (nSPS) is 10.7. The molecule has 3 heteroatoms. The third kappa shape index (κ3) is 2.74. The number of hydrogen-bond acceptors (Lipinski definition) is 2. The van der Waals surface area contributed by atoms with Crippen LogP contribution in [0.1, 0.15) is 6.92 Å². The zero-order valence-electron chi connectivity index (χ0n) is 5.72. The molecule has 0 bridgehead atoms. The Balaban J connectivity index is 3.68. The molecule has 0 aliphatic rings. The molecule has 0 saturated carbocycles. The topological polar surface area (TPSA) is 52.9 Å². The van der Waals surface area contributed by atoms with Gasteiger partial charge in [-0.25, -0.2) is 0 Å². The molecule has 0 radical (unpaired) electrons. The van der Waals surface area contributed by atoms with Gasteiger partial charge in [0.2, 0.25) is 5.91 Å². The Bertz CT molecular complexity index is 197. The summed E-state index contributed by atoms with van der Waals surface area (Å²) in [5, 5.41) is 10.6. The van der Waals surface area contributed by atoms with Crippen molar-refractivity contribution >= 4 is 5.91 Å². The summed E-state index contributed by atoms with van der Waals surface area (Å²) in [5.74, 6) is 1.30. The van der Waals surface area contributed by atoms with Crippen molar-refractivity contribution in [1.29, 1.82) is 5.26 Å². The van der Waals surface area contributed by atoms with Crippen LogP contribution in [0.4, 0.5) is 0 Å². The van der Waals surface area contributed by atoms with Crippen molar-refractivity contribution in [1.82, 2.24) is 5.32 Å². The summed E-state index contributed by atoms with van der Waals surface area (Å²) >= 11 is 0. The zero-order chi connectivity index (χ0) is 7.98. The number of hydrogen-bond donors (Lipinski definition) is 1. The molecule has 0 aliphatic carbocycles. The average molecular weight is 136 g/mol. The first-order valence-corrected chi connectivity index (χ1v) is 2.83. The Morgan fingerprint density at radius 2 is 2.50 bits per heavy atom. The Morgan fingerprint density at radius 3 is 2.90 bits per heavy atom. The lowest BCUT2D eigenvalue weighted by atomic mass is 10.2. The van der Waals surface area contributed by atoms with Gasteiger partial charge in [-0.2, -0.15) is 5.26 Å². The number of rotatable bonds is 2. The molecule has 0 spiro atoms. The average Bonchev–Trinajstić information content (AvgIpc) is 1.98. The highest BCUT2D eigenvalue weighted by atomic mass is 16.1. The Morgan fingerprint density at radius 1 is 1.90 bits per heavy atom. The standard InChI is InChI=1S/C7H8N2O/c1-3-4-9-7(10)6(2)5-8/h1,6H,4H2,2H3,(H,9,10). The third-order valence-corrected chi connectivity index (χ3v) is 0.952.